The Labute approximate surface area is 158 Å². The summed E-state index contributed by atoms with van der Waals surface area (Å²) in [5.74, 6) is 0.175. The molecule has 0 aliphatic carbocycles. The van der Waals surface area contributed by atoms with Gasteiger partial charge in [-0.1, -0.05) is 0 Å². The lowest BCUT2D eigenvalue weighted by molar-refractivity contribution is -0.117. The summed E-state index contributed by atoms with van der Waals surface area (Å²) in [5.41, 5.74) is 2.24. The Balaban J connectivity index is 1.68. The average Bonchev–Trinajstić information content (AvgIpc) is 2.93. The lowest BCUT2D eigenvalue weighted by atomic mass is 10.2. The van der Waals surface area contributed by atoms with Crippen molar-refractivity contribution in [1.82, 2.24) is 4.98 Å². The molecule has 3 rings (SSSR count). The molecule has 2 heterocycles. The molecule has 1 aromatic carbocycles. The van der Waals surface area contributed by atoms with E-state index in [-0.39, 0.29) is 23.0 Å². The number of pyridine rings is 1. The Kier molecular flexibility index (Phi) is 5.62. The number of carbonyl (C=O) groups excluding carboxylic acids is 1. The van der Waals surface area contributed by atoms with Crippen molar-refractivity contribution in [2.45, 2.75) is 17.7 Å². The second kappa shape index (κ2) is 7.93. The Morgan fingerprint density at radius 3 is 2.78 bits per heavy atom. The van der Waals surface area contributed by atoms with Gasteiger partial charge in [-0.25, -0.2) is 13.4 Å². The van der Waals surface area contributed by atoms with Crippen LogP contribution in [0.2, 0.25) is 0 Å². The van der Waals surface area contributed by atoms with Crippen LogP contribution in [-0.2, 0) is 26.0 Å². The molecule has 144 valence electrons. The highest BCUT2D eigenvalue weighted by atomic mass is 32.2. The summed E-state index contributed by atoms with van der Waals surface area (Å²) >= 11 is 0. The Hall–Kier alpha value is -2.65. The van der Waals surface area contributed by atoms with Gasteiger partial charge in [0.15, 0.2) is 0 Å². The Morgan fingerprint density at radius 2 is 2.07 bits per heavy atom. The molecule has 0 atom stereocenters. The third-order valence-corrected chi connectivity index (χ3v) is 5.65. The summed E-state index contributed by atoms with van der Waals surface area (Å²) in [4.78, 5) is 17.5. The molecule has 1 aliphatic heterocycles. The van der Waals surface area contributed by atoms with Gasteiger partial charge in [0.05, 0.1) is 23.2 Å². The van der Waals surface area contributed by atoms with Crippen molar-refractivity contribution >= 4 is 33.1 Å². The van der Waals surface area contributed by atoms with Crippen LogP contribution in [0.1, 0.15) is 12.0 Å². The third-order valence-electron chi connectivity index (χ3n) is 4.30. The number of benzene rings is 1. The fourth-order valence-corrected chi connectivity index (χ4v) is 3.88. The van der Waals surface area contributed by atoms with E-state index < -0.39 is 10.0 Å². The molecule has 1 aromatic heterocycles. The minimum absolute atomic E-state index is 0.0530. The summed E-state index contributed by atoms with van der Waals surface area (Å²) in [7, 11) is -0.458. The lowest BCUT2D eigenvalue weighted by Crippen LogP contribution is -2.20. The van der Waals surface area contributed by atoms with E-state index in [2.05, 4.69) is 15.0 Å². The van der Waals surface area contributed by atoms with Gasteiger partial charge >= 0.3 is 0 Å². The molecule has 0 spiro atoms. The van der Waals surface area contributed by atoms with E-state index in [0.717, 1.165) is 24.3 Å². The van der Waals surface area contributed by atoms with E-state index in [1.54, 1.807) is 38.6 Å². The number of sulfonamides is 1. The zero-order chi connectivity index (χ0) is 19.4. The van der Waals surface area contributed by atoms with Crippen LogP contribution < -0.4 is 14.9 Å². The Bertz CT molecular complexity index is 929. The highest BCUT2D eigenvalue weighted by molar-refractivity contribution is 7.92. The maximum atomic E-state index is 12.6. The summed E-state index contributed by atoms with van der Waals surface area (Å²) in [6.45, 7) is 1.41. The molecule has 1 amide bonds. The second-order valence-electron chi connectivity index (χ2n) is 6.23. The molecule has 0 saturated heterocycles. The van der Waals surface area contributed by atoms with Crippen molar-refractivity contribution in [3.05, 3.63) is 42.1 Å². The van der Waals surface area contributed by atoms with Crippen LogP contribution in [-0.4, -0.2) is 46.6 Å². The van der Waals surface area contributed by atoms with Crippen LogP contribution in [0.4, 0.5) is 17.2 Å². The predicted octanol–water partition coefficient (Wildman–Crippen LogP) is 1.85. The fraction of sp³-hybridized carbons (Fsp3) is 0.333. The molecule has 9 heteroatoms. The number of likely N-dealkylation sites (N-methyl/N-ethyl adjacent to an activating group) is 1. The number of aromatic nitrogens is 1. The molecule has 0 bridgehead atoms. The van der Waals surface area contributed by atoms with Gasteiger partial charge < -0.3 is 15.0 Å². The Morgan fingerprint density at radius 1 is 1.26 bits per heavy atom. The summed E-state index contributed by atoms with van der Waals surface area (Å²) in [5, 5.41) is 3.18. The minimum atomic E-state index is -3.79. The van der Waals surface area contributed by atoms with Gasteiger partial charge in [0.2, 0.25) is 5.91 Å². The molecule has 2 aromatic rings. The van der Waals surface area contributed by atoms with Gasteiger partial charge in [-0.05, 0) is 42.3 Å². The monoisotopic (exact) mass is 390 g/mol. The zero-order valence-corrected chi connectivity index (χ0v) is 16.0. The van der Waals surface area contributed by atoms with Gasteiger partial charge in [0.1, 0.15) is 5.82 Å². The third kappa shape index (κ3) is 4.37. The molecule has 1 aliphatic rings. The quantitative estimate of drug-likeness (QED) is 0.667. The predicted molar refractivity (Wildman–Crippen MR) is 104 cm³/mol. The van der Waals surface area contributed by atoms with Gasteiger partial charge in [-0.3, -0.25) is 9.52 Å². The fourth-order valence-electron chi connectivity index (χ4n) is 2.82. The second-order valence-corrected chi connectivity index (χ2v) is 7.91. The number of nitrogens with one attached hydrogen (secondary N) is 2. The molecule has 8 nitrogen and oxygen atoms in total. The highest BCUT2D eigenvalue weighted by Gasteiger charge is 2.26. The summed E-state index contributed by atoms with van der Waals surface area (Å²) < 4.78 is 32.7. The van der Waals surface area contributed by atoms with Gasteiger partial charge in [-0.2, -0.15) is 0 Å². The molecule has 27 heavy (non-hydrogen) atoms. The van der Waals surface area contributed by atoms with Crippen molar-refractivity contribution in [2.24, 2.45) is 0 Å². The topological polar surface area (TPSA) is 101 Å². The molecule has 0 fully saturated rings. The summed E-state index contributed by atoms with van der Waals surface area (Å²) in [6, 6.07) is 8.02. The van der Waals surface area contributed by atoms with E-state index in [1.807, 2.05) is 0 Å². The van der Waals surface area contributed by atoms with E-state index in [1.165, 1.54) is 17.0 Å². The standard InChI is InChI=1S/C18H22N4O4S/c1-22-16-6-5-15(10-13(16)11-18(22)23)27(24,25)21-17-7-4-14(12-20-17)19-8-3-9-26-2/h4-7,10,12,19H,3,8-9,11H2,1-2H3,(H,20,21). The number of fused-ring (bicyclic) bond motifs is 1. The SMILES string of the molecule is COCCCNc1ccc(NS(=O)(=O)c2ccc3c(c2)CC(=O)N3C)nc1. The maximum absolute atomic E-state index is 12.6. The maximum Gasteiger partial charge on any atom is 0.263 e. The van der Waals surface area contributed by atoms with Crippen molar-refractivity contribution in [3.63, 3.8) is 0 Å². The number of methoxy groups -OCH3 is 1. The molecular formula is C18H22N4O4S. The van der Waals surface area contributed by atoms with Crippen molar-refractivity contribution < 1.29 is 17.9 Å². The largest absolute Gasteiger partial charge is 0.385 e. The number of amides is 1. The van der Waals surface area contributed by atoms with Crippen LogP contribution in [0, 0.1) is 0 Å². The van der Waals surface area contributed by atoms with Crippen molar-refractivity contribution in [3.8, 4) is 0 Å². The first-order chi connectivity index (χ1) is 12.9. The van der Waals surface area contributed by atoms with E-state index in [9.17, 15) is 13.2 Å². The number of nitrogens with zero attached hydrogens (tertiary/aromatic N) is 2. The van der Waals surface area contributed by atoms with Gasteiger partial charge in [0, 0.05) is 33.0 Å². The van der Waals surface area contributed by atoms with E-state index >= 15 is 0 Å². The molecule has 2 N–H and O–H groups in total. The number of anilines is 3. The van der Waals surface area contributed by atoms with Gasteiger partial charge in [-0.15, -0.1) is 0 Å². The normalized spacial score (nSPS) is 13.6. The average molecular weight is 390 g/mol. The van der Waals surface area contributed by atoms with Crippen LogP contribution in [0.15, 0.2) is 41.4 Å². The molecule has 0 unspecified atom stereocenters. The van der Waals surface area contributed by atoms with Crippen molar-refractivity contribution in [2.75, 3.05) is 42.2 Å². The first-order valence-electron chi connectivity index (χ1n) is 8.52. The lowest BCUT2D eigenvalue weighted by Gasteiger charge is -2.12. The molecule has 0 saturated carbocycles. The van der Waals surface area contributed by atoms with Crippen LogP contribution in [0.3, 0.4) is 0 Å². The zero-order valence-electron chi connectivity index (χ0n) is 15.2. The number of rotatable bonds is 8. The highest BCUT2D eigenvalue weighted by Crippen LogP contribution is 2.30. The molecule has 0 radical (unpaired) electrons. The number of hydrogen-bond donors (Lipinski definition) is 2. The number of hydrogen-bond acceptors (Lipinski definition) is 6. The number of ether oxygens (including phenoxy) is 1. The van der Waals surface area contributed by atoms with Crippen molar-refractivity contribution in [1.29, 1.82) is 0 Å². The van der Waals surface area contributed by atoms with Gasteiger partial charge in [0.25, 0.3) is 10.0 Å². The van der Waals surface area contributed by atoms with E-state index in [0.29, 0.717) is 12.2 Å². The smallest absolute Gasteiger partial charge is 0.263 e. The summed E-state index contributed by atoms with van der Waals surface area (Å²) in [6.07, 6.45) is 2.64. The van der Waals surface area contributed by atoms with Crippen LogP contribution >= 0.6 is 0 Å². The van der Waals surface area contributed by atoms with Crippen LogP contribution in [0.5, 0.6) is 0 Å². The first-order valence-corrected chi connectivity index (χ1v) is 10.0. The van der Waals surface area contributed by atoms with Crippen LogP contribution in [0.25, 0.3) is 0 Å². The minimum Gasteiger partial charge on any atom is -0.385 e. The molecular weight excluding hydrogens is 368 g/mol. The first kappa shape index (κ1) is 19.1. The number of carbonyl (C=O) groups is 1. The van der Waals surface area contributed by atoms with E-state index in [4.69, 9.17) is 4.74 Å².